The van der Waals surface area contributed by atoms with Gasteiger partial charge >= 0.3 is 5.69 Å². The Morgan fingerprint density at radius 1 is 1.07 bits per heavy atom. The van der Waals surface area contributed by atoms with Crippen LogP contribution < -0.4 is 15.7 Å². The van der Waals surface area contributed by atoms with Gasteiger partial charge in [0.25, 0.3) is 0 Å². The zero-order valence-electron chi connectivity index (χ0n) is 15.3. The van der Waals surface area contributed by atoms with E-state index in [1.165, 1.54) is 4.68 Å². The van der Waals surface area contributed by atoms with E-state index >= 15 is 0 Å². The van der Waals surface area contributed by atoms with E-state index in [2.05, 4.69) is 10.4 Å². The molecule has 6 heteroatoms. The first-order valence-electron chi connectivity index (χ1n) is 9.46. The highest BCUT2D eigenvalue weighted by atomic mass is 16.5. The maximum atomic E-state index is 13.1. The molecule has 1 fully saturated rings. The number of ether oxygens (including phenoxy) is 1. The standard InChI is InChI=1S/C21H24N4O2/c26-21-24(14-15-27-19-11-5-2-6-12-19)23-20(17-8-7-13-22-16-17)25(21)18-9-3-1-4-10-18/h1-6,9-12,17,22H,7-8,13-16H2/t17-/m1/s1. The van der Waals surface area contributed by atoms with E-state index in [4.69, 9.17) is 4.74 Å². The Balaban J connectivity index is 1.60. The largest absolute Gasteiger partial charge is 0.492 e. The molecule has 0 unspecified atom stereocenters. The van der Waals surface area contributed by atoms with Crippen molar-refractivity contribution < 1.29 is 4.74 Å². The molecular weight excluding hydrogens is 340 g/mol. The smallest absolute Gasteiger partial charge is 0.350 e. The summed E-state index contributed by atoms with van der Waals surface area (Å²) in [6.45, 7) is 2.69. The molecule has 0 amide bonds. The van der Waals surface area contributed by atoms with Gasteiger partial charge in [-0.15, -0.1) is 0 Å². The van der Waals surface area contributed by atoms with E-state index in [1.54, 1.807) is 4.57 Å². The lowest BCUT2D eigenvalue weighted by atomic mass is 9.99. The number of hydrogen-bond acceptors (Lipinski definition) is 4. The molecule has 2 heterocycles. The Morgan fingerprint density at radius 2 is 1.81 bits per heavy atom. The van der Waals surface area contributed by atoms with Crippen LogP contribution in [-0.2, 0) is 6.54 Å². The second-order valence-corrected chi connectivity index (χ2v) is 6.74. The Morgan fingerprint density at radius 3 is 2.52 bits per heavy atom. The summed E-state index contributed by atoms with van der Waals surface area (Å²) in [6, 6.07) is 19.4. The van der Waals surface area contributed by atoms with Gasteiger partial charge in [0.05, 0.1) is 12.2 Å². The molecular formula is C21H24N4O2. The van der Waals surface area contributed by atoms with Crippen LogP contribution in [0.2, 0.25) is 0 Å². The summed E-state index contributed by atoms with van der Waals surface area (Å²) in [7, 11) is 0. The number of rotatable bonds is 6. The summed E-state index contributed by atoms with van der Waals surface area (Å²) in [6.07, 6.45) is 2.13. The third kappa shape index (κ3) is 3.95. The highest BCUT2D eigenvalue weighted by Gasteiger charge is 2.24. The van der Waals surface area contributed by atoms with Crippen LogP contribution >= 0.6 is 0 Å². The third-order valence-electron chi connectivity index (χ3n) is 4.86. The third-order valence-corrected chi connectivity index (χ3v) is 4.86. The quantitative estimate of drug-likeness (QED) is 0.730. The molecule has 1 aliphatic heterocycles. The molecule has 0 saturated carbocycles. The second kappa shape index (κ2) is 8.22. The van der Waals surface area contributed by atoms with Gasteiger partial charge in [-0.25, -0.2) is 14.0 Å². The maximum absolute atomic E-state index is 13.1. The van der Waals surface area contributed by atoms with Crippen LogP contribution in [0.25, 0.3) is 5.69 Å². The van der Waals surface area contributed by atoms with E-state index in [-0.39, 0.29) is 11.6 Å². The molecule has 27 heavy (non-hydrogen) atoms. The normalized spacial score (nSPS) is 17.0. The van der Waals surface area contributed by atoms with Crippen LogP contribution in [0.3, 0.4) is 0 Å². The van der Waals surface area contributed by atoms with Gasteiger partial charge in [-0.1, -0.05) is 36.4 Å². The number of benzene rings is 2. The van der Waals surface area contributed by atoms with Crippen LogP contribution in [0.4, 0.5) is 0 Å². The van der Waals surface area contributed by atoms with E-state index in [9.17, 15) is 4.79 Å². The van der Waals surface area contributed by atoms with Crippen LogP contribution in [0.5, 0.6) is 5.75 Å². The maximum Gasteiger partial charge on any atom is 0.350 e. The summed E-state index contributed by atoms with van der Waals surface area (Å²) >= 11 is 0. The van der Waals surface area contributed by atoms with Gasteiger partial charge in [0.1, 0.15) is 18.2 Å². The van der Waals surface area contributed by atoms with Crippen LogP contribution in [-0.4, -0.2) is 34.0 Å². The van der Waals surface area contributed by atoms with Crippen molar-refractivity contribution in [2.24, 2.45) is 0 Å². The first-order chi connectivity index (χ1) is 13.3. The van der Waals surface area contributed by atoms with Gasteiger partial charge in [0.2, 0.25) is 0 Å². The Kier molecular flexibility index (Phi) is 5.34. The topological polar surface area (TPSA) is 61.1 Å². The molecule has 1 atom stereocenters. The minimum atomic E-state index is -0.113. The first-order valence-corrected chi connectivity index (χ1v) is 9.46. The molecule has 3 aromatic rings. The van der Waals surface area contributed by atoms with Crippen molar-refractivity contribution in [1.29, 1.82) is 0 Å². The van der Waals surface area contributed by atoms with Gasteiger partial charge in [0.15, 0.2) is 0 Å². The Bertz CT molecular complexity index is 912. The van der Waals surface area contributed by atoms with Crippen molar-refractivity contribution in [3.05, 3.63) is 77.0 Å². The SMILES string of the molecule is O=c1n(CCOc2ccccc2)nc([C@@H]2CCCNC2)n1-c1ccccc1. The highest BCUT2D eigenvalue weighted by molar-refractivity contribution is 5.33. The Hall–Kier alpha value is -2.86. The van der Waals surface area contributed by atoms with E-state index in [1.807, 2.05) is 60.7 Å². The number of para-hydroxylation sites is 2. The summed E-state index contributed by atoms with van der Waals surface area (Å²) < 4.78 is 9.02. The summed E-state index contributed by atoms with van der Waals surface area (Å²) in [4.78, 5) is 13.1. The molecule has 0 radical (unpaired) electrons. The molecule has 0 bridgehead atoms. The Labute approximate surface area is 158 Å². The monoisotopic (exact) mass is 364 g/mol. The lowest BCUT2D eigenvalue weighted by Crippen LogP contribution is -2.31. The van der Waals surface area contributed by atoms with E-state index in [0.29, 0.717) is 13.2 Å². The molecule has 140 valence electrons. The van der Waals surface area contributed by atoms with E-state index < -0.39 is 0 Å². The highest BCUT2D eigenvalue weighted by Crippen LogP contribution is 2.22. The van der Waals surface area contributed by atoms with Crippen molar-refractivity contribution in [2.75, 3.05) is 19.7 Å². The molecule has 2 aromatic carbocycles. The van der Waals surface area contributed by atoms with Gasteiger partial charge in [-0.3, -0.25) is 0 Å². The number of nitrogens with one attached hydrogen (secondary N) is 1. The number of aromatic nitrogens is 3. The van der Waals surface area contributed by atoms with Gasteiger partial charge in [-0.05, 0) is 43.7 Å². The number of piperidine rings is 1. The minimum absolute atomic E-state index is 0.113. The predicted molar refractivity (Wildman–Crippen MR) is 105 cm³/mol. The van der Waals surface area contributed by atoms with Crippen molar-refractivity contribution in [3.8, 4) is 11.4 Å². The molecule has 6 nitrogen and oxygen atoms in total. The van der Waals surface area contributed by atoms with Gasteiger partial charge in [0, 0.05) is 12.5 Å². The van der Waals surface area contributed by atoms with E-state index in [0.717, 1.165) is 43.2 Å². The minimum Gasteiger partial charge on any atom is -0.492 e. The summed E-state index contributed by atoms with van der Waals surface area (Å²) in [5.74, 6) is 1.87. The lowest BCUT2D eigenvalue weighted by molar-refractivity contribution is 0.288. The van der Waals surface area contributed by atoms with Crippen molar-refractivity contribution in [3.63, 3.8) is 0 Å². The van der Waals surface area contributed by atoms with Crippen molar-refractivity contribution in [2.45, 2.75) is 25.3 Å². The lowest BCUT2D eigenvalue weighted by Gasteiger charge is -2.22. The van der Waals surface area contributed by atoms with Crippen LogP contribution in [0.1, 0.15) is 24.6 Å². The first kappa shape index (κ1) is 17.5. The summed E-state index contributed by atoms with van der Waals surface area (Å²) in [5, 5.41) is 8.10. The predicted octanol–water partition coefficient (Wildman–Crippen LogP) is 2.58. The molecule has 1 aliphatic rings. The van der Waals surface area contributed by atoms with Crippen LogP contribution in [0.15, 0.2) is 65.5 Å². The van der Waals surface area contributed by atoms with Crippen molar-refractivity contribution >= 4 is 0 Å². The molecule has 1 aromatic heterocycles. The van der Waals surface area contributed by atoms with Gasteiger partial charge in [-0.2, -0.15) is 5.10 Å². The van der Waals surface area contributed by atoms with Crippen molar-refractivity contribution in [1.82, 2.24) is 19.7 Å². The molecule has 0 aliphatic carbocycles. The number of nitrogens with zero attached hydrogens (tertiary/aromatic N) is 3. The fourth-order valence-electron chi connectivity index (χ4n) is 3.49. The zero-order chi connectivity index (χ0) is 18.5. The second-order valence-electron chi connectivity index (χ2n) is 6.74. The average molecular weight is 364 g/mol. The zero-order valence-corrected chi connectivity index (χ0v) is 15.3. The average Bonchev–Trinajstić information content (AvgIpc) is 3.06. The summed E-state index contributed by atoms with van der Waals surface area (Å²) in [5.41, 5.74) is 0.747. The molecule has 4 rings (SSSR count). The molecule has 1 N–H and O–H groups in total. The molecule has 1 saturated heterocycles. The fourth-order valence-corrected chi connectivity index (χ4v) is 3.49. The van der Waals surface area contributed by atoms with Gasteiger partial charge < -0.3 is 10.1 Å². The van der Waals surface area contributed by atoms with Crippen LogP contribution in [0, 0.1) is 0 Å². The molecule has 0 spiro atoms. The fraction of sp³-hybridized carbons (Fsp3) is 0.333. The number of hydrogen-bond donors (Lipinski definition) is 1.